The van der Waals surface area contributed by atoms with Crippen molar-refractivity contribution in [1.82, 2.24) is 0 Å². The van der Waals surface area contributed by atoms with Gasteiger partial charge in [-0.1, -0.05) is 106 Å². The van der Waals surface area contributed by atoms with Gasteiger partial charge in [-0.2, -0.15) is 0 Å². The third-order valence-corrected chi connectivity index (χ3v) is 25.0. The lowest BCUT2D eigenvalue weighted by molar-refractivity contribution is -0.154. The molecule has 10 rings (SSSR count). The molecule has 6 saturated carbocycles. The summed E-state index contributed by atoms with van der Waals surface area (Å²) < 4.78 is 13.1. The molecule has 10 aliphatic rings. The second-order valence-corrected chi connectivity index (χ2v) is 28.4. The van der Waals surface area contributed by atoms with E-state index < -0.39 is 0 Å². The van der Waals surface area contributed by atoms with Gasteiger partial charge in [-0.15, -0.1) is 0 Å². The Balaban J connectivity index is 0.000000162. The molecule has 0 aromatic heterocycles. The molecule has 4 nitrogen and oxygen atoms in total. The first kappa shape index (κ1) is 47.8. The van der Waals surface area contributed by atoms with E-state index in [1.54, 1.807) is 0 Å². The van der Waals surface area contributed by atoms with Crippen LogP contribution in [0, 0.1) is 78.8 Å². The van der Waals surface area contributed by atoms with Gasteiger partial charge in [0.15, 0.2) is 0 Å². The summed E-state index contributed by atoms with van der Waals surface area (Å²) >= 11 is 0. The summed E-state index contributed by atoms with van der Waals surface area (Å²) in [5.41, 5.74) is 6.77. The molecule has 4 heteroatoms. The molecule has 360 valence electrons. The van der Waals surface area contributed by atoms with Crippen LogP contribution in [0.1, 0.15) is 239 Å². The largest absolute Gasteiger partial charge is 0.367 e. The Morgan fingerprint density at radius 1 is 0.594 bits per heavy atom. The van der Waals surface area contributed by atoms with Crippen molar-refractivity contribution in [2.75, 3.05) is 0 Å². The Bertz CT molecular complexity index is 1980. The highest BCUT2D eigenvalue weighted by atomic mass is 16.6. The van der Waals surface area contributed by atoms with Gasteiger partial charge in [-0.05, 0) is 200 Å². The lowest BCUT2D eigenvalue weighted by atomic mass is 9.38. The molecule has 0 spiro atoms. The van der Waals surface area contributed by atoms with Crippen molar-refractivity contribution in [3.63, 3.8) is 0 Å². The number of hydrogen-bond donors (Lipinski definition) is 0. The Morgan fingerprint density at radius 3 is 1.84 bits per heavy atom. The highest BCUT2D eigenvalue weighted by Gasteiger charge is 2.90. The first-order chi connectivity index (χ1) is 29.6. The molecular formula is C60H96O4. The molecule has 8 aliphatic carbocycles. The third-order valence-electron chi connectivity index (χ3n) is 25.0. The minimum absolute atomic E-state index is 0.0130. The van der Waals surface area contributed by atoms with Crippen LogP contribution in [-0.4, -0.2) is 34.5 Å². The van der Waals surface area contributed by atoms with Crippen molar-refractivity contribution in [3.05, 3.63) is 22.8 Å². The molecule has 0 aromatic rings. The summed E-state index contributed by atoms with van der Waals surface area (Å²) in [7, 11) is 0. The molecule has 2 aliphatic heterocycles. The maximum atomic E-state index is 12.9. The van der Waals surface area contributed by atoms with Gasteiger partial charge in [-0.25, -0.2) is 0 Å². The standard InChI is InChI=1S/C30H48O3.C30H48O/c1-19(9-10-23-25(4,5)32-23)20-11-15-28(8)26(20,6)17-18-29-27(7)14-13-22(31)24(2,3)21(27)12-16-30(28,29)33-29;1-20(2)10-9-11-21(3)22-14-18-30(8)24-12-13-25-27(4,5)26(31)16-17-28(25,6)23(24)15-19-29(22,30)7/h19-21,23H,9-18H2,1-8H3;10,21-22,25H,9,11-19H2,1-8H3/t19?,20?,21-,23?,26+,27-,28+,29?,30?;21?,22?,25-,28+,29+,30-/m00/s1. The molecule has 0 radical (unpaired) electrons. The SMILES string of the molecule is CC(C)=CCCC(C)C1CC[C@@]2(C)C3=C(CC[C@]12C)[C@@]1(C)CCC(=O)C(C)(C)[C@@H]1CC3.CC(CCC1OC1(C)C)C1CC[C@@]2(C)C34CC[C@H]5C(C)(C)C(=O)CC[C@]5(C)C3(CC[C@]12C)O4. The zero-order chi connectivity index (χ0) is 46.7. The van der Waals surface area contributed by atoms with E-state index >= 15 is 0 Å². The van der Waals surface area contributed by atoms with Crippen molar-refractivity contribution in [3.8, 4) is 0 Å². The van der Waals surface area contributed by atoms with Crippen molar-refractivity contribution < 1.29 is 19.1 Å². The lowest BCUT2D eigenvalue weighted by Gasteiger charge is -2.62. The topological polar surface area (TPSA) is 59.2 Å². The van der Waals surface area contributed by atoms with Crippen LogP contribution >= 0.6 is 0 Å². The Hall–Kier alpha value is -1.26. The molecule has 64 heavy (non-hydrogen) atoms. The van der Waals surface area contributed by atoms with Gasteiger partial charge in [0.1, 0.15) is 22.8 Å². The molecule has 0 aromatic carbocycles. The predicted octanol–water partition coefficient (Wildman–Crippen LogP) is 15.8. The van der Waals surface area contributed by atoms with E-state index in [9.17, 15) is 9.59 Å². The lowest BCUT2D eigenvalue weighted by Crippen LogP contribution is -2.65. The smallest absolute Gasteiger partial charge is 0.138 e. The van der Waals surface area contributed by atoms with Crippen LogP contribution in [0.25, 0.3) is 0 Å². The Labute approximate surface area is 392 Å². The summed E-state index contributed by atoms with van der Waals surface area (Å²) in [6.45, 7) is 38.6. The maximum Gasteiger partial charge on any atom is 0.138 e. The minimum atomic E-state index is -0.201. The fourth-order valence-corrected chi connectivity index (χ4v) is 20.4. The fourth-order valence-electron chi connectivity index (χ4n) is 20.4. The van der Waals surface area contributed by atoms with Gasteiger partial charge < -0.3 is 9.47 Å². The molecule has 15 atom stereocenters. The zero-order valence-corrected chi connectivity index (χ0v) is 44.4. The van der Waals surface area contributed by atoms with Crippen LogP contribution < -0.4 is 0 Å². The number of carbonyl (C=O) groups is 2. The van der Waals surface area contributed by atoms with E-state index in [1.165, 1.54) is 102 Å². The number of allylic oxidation sites excluding steroid dienone is 4. The van der Waals surface area contributed by atoms with Gasteiger partial charge in [0, 0.05) is 34.5 Å². The average molecular weight is 881 g/mol. The number of hydrogen-bond acceptors (Lipinski definition) is 4. The predicted molar refractivity (Wildman–Crippen MR) is 263 cm³/mol. The number of fused-ring (bicyclic) bond motifs is 6. The van der Waals surface area contributed by atoms with Gasteiger partial charge >= 0.3 is 0 Å². The maximum absolute atomic E-state index is 12.9. The monoisotopic (exact) mass is 881 g/mol. The van der Waals surface area contributed by atoms with E-state index in [4.69, 9.17) is 9.47 Å². The normalized spacial score (nSPS) is 49.6. The first-order valence-electron chi connectivity index (χ1n) is 27.4. The number of ether oxygens (including phenoxy) is 2. The van der Waals surface area contributed by atoms with Crippen molar-refractivity contribution in [2.24, 2.45) is 78.8 Å². The van der Waals surface area contributed by atoms with Crippen molar-refractivity contribution in [1.29, 1.82) is 0 Å². The summed E-state index contributed by atoms with van der Waals surface area (Å²) in [4.78, 5) is 25.7. The average Bonchev–Trinajstić information content (AvgIpc) is 4.02. The zero-order valence-electron chi connectivity index (χ0n) is 44.4. The summed E-state index contributed by atoms with van der Waals surface area (Å²) in [5, 5.41) is 0. The number of Topliss-reactive ketones (excluding diaryl/α,β-unsaturated/α-hetero) is 2. The van der Waals surface area contributed by atoms with Crippen LogP contribution in [-0.2, 0) is 19.1 Å². The van der Waals surface area contributed by atoms with Crippen LogP contribution in [0.3, 0.4) is 0 Å². The molecule has 0 bridgehead atoms. The van der Waals surface area contributed by atoms with E-state index in [0.717, 1.165) is 55.8 Å². The number of epoxide rings is 2. The molecule has 2 heterocycles. The molecular weight excluding hydrogens is 785 g/mol. The van der Waals surface area contributed by atoms with Crippen molar-refractivity contribution in [2.45, 2.75) is 262 Å². The van der Waals surface area contributed by atoms with Gasteiger partial charge in [0.2, 0.25) is 0 Å². The van der Waals surface area contributed by atoms with E-state index in [2.05, 4.69) is 117 Å². The molecule has 2 saturated heterocycles. The Morgan fingerprint density at radius 2 is 1.19 bits per heavy atom. The molecule has 0 N–H and O–H groups in total. The Kier molecular flexibility index (Phi) is 11.1. The molecule has 8 fully saturated rings. The van der Waals surface area contributed by atoms with Crippen LogP contribution in [0.15, 0.2) is 22.8 Å². The van der Waals surface area contributed by atoms with Crippen LogP contribution in [0.5, 0.6) is 0 Å². The summed E-state index contributed by atoms with van der Waals surface area (Å²) in [6, 6.07) is 0. The highest BCUT2D eigenvalue weighted by Crippen LogP contribution is 2.86. The van der Waals surface area contributed by atoms with Gasteiger partial charge in [0.05, 0.1) is 11.7 Å². The van der Waals surface area contributed by atoms with Crippen LogP contribution in [0.4, 0.5) is 0 Å². The van der Waals surface area contributed by atoms with Crippen molar-refractivity contribution >= 4 is 11.6 Å². The second-order valence-electron chi connectivity index (χ2n) is 28.4. The third kappa shape index (κ3) is 6.15. The van der Waals surface area contributed by atoms with Gasteiger partial charge in [0.25, 0.3) is 0 Å². The highest BCUT2D eigenvalue weighted by molar-refractivity contribution is 5.86. The fraction of sp³-hybridized carbons (Fsp3) is 0.900. The second kappa shape index (κ2) is 14.9. The van der Waals surface area contributed by atoms with E-state index in [-0.39, 0.29) is 43.9 Å². The molecule has 7 unspecified atom stereocenters. The summed E-state index contributed by atoms with van der Waals surface area (Å²) in [5.74, 6) is 5.19. The number of rotatable bonds is 8. The van der Waals surface area contributed by atoms with E-state index in [0.29, 0.717) is 45.8 Å². The quantitative estimate of drug-likeness (QED) is 0.180. The summed E-state index contributed by atoms with van der Waals surface area (Å²) in [6.07, 6.45) is 27.0. The number of ketones is 2. The first-order valence-corrected chi connectivity index (χ1v) is 27.4. The minimum Gasteiger partial charge on any atom is -0.367 e. The van der Waals surface area contributed by atoms with E-state index in [1.807, 2.05) is 11.1 Å². The van der Waals surface area contributed by atoms with Gasteiger partial charge in [-0.3, -0.25) is 9.59 Å². The molecule has 0 amide bonds. The van der Waals surface area contributed by atoms with Crippen LogP contribution in [0.2, 0.25) is 0 Å². The number of carbonyl (C=O) groups excluding carboxylic acids is 2.